The zero-order valence-corrected chi connectivity index (χ0v) is 9.89. The lowest BCUT2D eigenvalue weighted by Gasteiger charge is -2.15. The van der Waals surface area contributed by atoms with Crippen LogP contribution in [0.1, 0.15) is 24.0 Å². The molecule has 0 aliphatic heterocycles. The van der Waals surface area contributed by atoms with E-state index in [2.05, 4.69) is 15.9 Å². The molecular weight excluding hydrogens is 244 g/mol. The second kappa shape index (κ2) is 3.24. The zero-order chi connectivity index (χ0) is 10.3. The van der Waals surface area contributed by atoms with Crippen molar-refractivity contribution < 1.29 is 9.84 Å². The van der Waals surface area contributed by atoms with Crippen LogP contribution in [0.5, 0.6) is 5.75 Å². The summed E-state index contributed by atoms with van der Waals surface area (Å²) in [7, 11) is 1.64. The Kier molecular flexibility index (Phi) is 2.32. The van der Waals surface area contributed by atoms with Gasteiger partial charge in [0.2, 0.25) is 0 Å². The number of benzene rings is 1. The molecule has 1 N–H and O–H groups in total. The Labute approximate surface area is 92.0 Å². The summed E-state index contributed by atoms with van der Waals surface area (Å²) in [5, 5.41) is 10.0. The normalized spacial score (nSPS) is 18.0. The Bertz CT molecular complexity index is 370. The minimum Gasteiger partial charge on any atom is -0.496 e. The van der Waals surface area contributed by atoms with Crippen molar-refractivity contribution in [2.24, 2.45) is 0 Å². The molecule has 0 bridgehead atoms. The Morgan fingerprint density at radius 1 is 1.43 bits per heavy atom. The lowest BCUT2D eigenvalue weighted by Crippen LogP contribution is -2.07. The molecule has 0 unspecified atom stereocenters. The van der Waals surface area contributed by atoms with Gasteiger partial charge in [0.25, 0.3) is 0 Å². The van der Waals surface area contributed by atoms with E-state index in [0.29, 0.717) is 0 Å². The van der Waals surface area contributed by atoms with E-state index in [-0.39, 0.29) is 0 Å². The van der Waals surface area contributed by atoms with Gasteiger partial charge >= 0.3 is 0 Å². The van der Waals surface area contributed by atoms with Crippen LogP contribution in [0.2, 0.25) is 0 Å². The quantitative estimate of drug-likeness (QED) is 0.882. The van der Waals surface area contributed by atoms with Crippen molar-refractivity contribution in [1.82, 2.24) is 0 Å². The Morgan fingerprint density at radius 2 is 2.07 bits per heavy atom. The fraction of sp³-hybridized carbons (Fsp3) is 0.455. The molecule has 14 heavy (non-hydrogen) atoms. The highest BCUT2D eigenvalue weighted by molar-refractivity contribution is 9.10. The first-order chi connectivity index (χ1) is 6.58. The molecule has 1 aromatic rings. The van der Waals surface area contributed by atoms with E-state index in [1.54, 1.807) is 7.11 Å². The third-order valence-electron chi connectivity index (χ3n) is 2.80. The van der Waals surface area contributed by atoms with Gasteiger partial charge in [-0.15, -0.1) is 0 Å². The number of methoxy groups -OCH3 is 1. The van der Waals surface area contributed by atoms with E-state index in [9.17, 15) is 5.11 Å². The molecule has 0 saturated heterocycles. The average Bonchev–Trinajstić information content (AvgIpc) is 2.89. The summed E-state index contributed by atoms with van der Waals surface area (Å²) in [6.07, 6.45) is 1.74. The van der Waals surface area contributed by atoms with E-state index >= 15 is 0 Å². The minimum absolute atomic E-state index is 0.571. The van der Waals surface area contributed by atoms with Crippen molar-refractivity contribution in [2.45, 2.75) is 25.4 Å². The van der Waals surface area contributed by atoms with Crippen molar-refractivity contribution in [3.05, 3.63) is 27.7 Å². The summed E-state index contributed by atoms with van der Waals surface area (Å²) in [4.78, 5) is 0. The molecule has 0 radical (unpaired) electrons. The monoisotopic (exact) mass is 256 g/mol. The van der Waals surface area contributed by atoms with Gasteiger partial charge in [0.05, 0.1) is 17.2 Å². The van der Waals surface area contributed by atoms with E-state index in [1.165, 1.54) is 0 Å². The van der Waals surface area contributed by atoms with E-state index in [0.717, 1.165) is 34.2 Å². The number of aliphatic hydroxyl groups is 1. The summed E-state index contributed by atoms with van der Waals surface area (Å²) in [6, 6.07) is 3.84. The SMILES string of the molecule is COc1ccc(C2(O)CC2)c(C)c1Br. The summed E-state index contributed by atoms with van der Waals surface area (Å²) in [5.74, 6) is 0.815. The first kappa shape index (κ1) is 9.99. The predicted molar refractivity (Wildman–Crippen MR) is 58.6 cm³/mol. The van der Waals surface area contributed by atoms with Gasteiger partial charge in [-0.3, -0.25) is 0 Å². The molecule has 1 aliphatic rings. The Balaban J connectivity index is 2.49. The molecule has 2 nitrogen and oxygen atoms in total. The molecule has 0 amide bonds. The van der Waals surface area contributed by atoms with Crippen LogP contribution >= 0.6 is 15.9 Å². The van der Waals surface area contributed by atoms with Gasteiger partial charge < -0.3 is 9.84 Å². The van der Waals surface area contributed by atoms with Crippen molar-refractivity contribution >= 4 is 15.9 Å². The molecule has 1 aliphatic carbocycles. The van der Waals surface area contributed by atoms with Gasteiger partial charge in [-0.1, -0.05) is 6.07 Å². The molecule has 0 heterocycles. The molecule has 1 saturated carbocycles. The lowest BCUT2D eigenvalue weighted by atomic mass is 10.0. The summed E-state index contributed by atoms with van der Waals surface area (Å²) < 4.78 is 6.13. The number of hydrogen-bond donors (Lipinski definition) is 1. The summed E-state index contributed by atoms with van der Waals surface area (Å²) in [5.41, 5.74) is 1.52. The molecular formula is C11H13BrO2. The van der Waals surface area contributed by atoms with Gasteiger partial charge in [-0.05, 0) is 52.9 Å². The van der Waals surface area contributed by atoms with Crippen LogP contribution in [0, 0.1) is 6.92 Å². The topological polar surface area (TPSA) is 29.5 Å². The molecule has 1 fully saturated rings. The van der Waals surface area contributed by atoms with Crippen LogP contribution in [0.15, 0.2) is 16.6 Å². The average molecular weight is 257 g/mol. The molecule has 0 aromatic heterocycles. The number of hydrogen-bond acceptors (Lipinski definition) is 2. The highest BCUT2D eigenvalue weighted by atomic mass is 79.9. The van der Waals surface area contributed by atoms with Crippen LogP contribution in [-0.4, -0.2) is 12.2 Å². The lowest BCUT2D eigenvalue weighted by molar-refractivity contribution is 0.150. The second-order valence-electron chi connectivity index (χ2n) is 3.79. The first-order valence-electron chi connectivity index (χ1n) is 4.64. The first-order valence-corrected chi connectivity index (χ1v) is 5.44. The smallest absolute Gasteiger partial charge is 0.133 e. The fourth-order valence-electron chi connectivity index (χ4n) is 1.71. The van der Waals surface area contributed by atoms with Gasteiger partial charge in [0.15, 0.2) is 0 Å². The van der Waals surface area contributed by atoms with E-state index in [4.69, 9.17) is 4.74 Å². The molecule has 3 heteroatoms. The fourth-order valence-corrected chi connectivity index (χ4v) is 2.22. The Morgan fingerprint density at radius 3 is 2.57 bits per heavy atom. The van der Waals surface area contributed by atoms with Crippen molar-refractivity contribution in [3.8, 4) is 5.75 Å². The van der Waals surface area contributed by atoms with E-state index in [1.807, 2.05) is 19.1 Å². The maximum atomic E-state index is 10.0. The van der Waals surface area contributed by atoms with E-state index < -0.39 is 5.60 Å². The summed E-state index contributed by atoms with van der Waals surface area (Å²) in [6.45, 7) is 2.00. The van der Waals surface area contributed by atoms with Crippen molar-refractivity contribution in [1.29, 1.82) is 0 Å². The molecule has 0 atom stereocenters. The maximum absolute atomic E-state index is 10.0. The van der Waals surface area contributed by atoms with Crippen molar-refractivity contribution in [3.63, 3.8) is 0 Å². The Hall–Kier alpha value is -0.540. The van der Waals surface area contributed by atoms with Crippen molar-refractivity contribution in [2.75, 3.05) is 7.11 Å². The number of ether oxygens (including phenoxy) is 1. The minimum atomic E-state index is -0.571. The highest BCUT2D eigenvalue weighted by Gasteiger charge is 2.43. The van der Waals surface area contributed by atoms with Crippen LogP contribution in [0.3, 0.4) is 0 Å². The molecule has 76 valence electrons. The third-order valence-corrected chi connectivity index (χ3v) is 3.78. The van der Waals surface area contributed by atoms with Gasteiger partial charge in [0.1, 0.15) is 5.75 Å². The molecule has 1 aromatic carbocycles. The third kappa shape index (κ3) is 1.44. The number of halogens is 1. The zero-order valence-electron chi connectivity index (χ0n) is 8.30. The second-order valence-corrected chi connectivity index (χ2v) is 4.58. The predicted octanol–water partition coefficient (Wildman–Crippen LogP) is 2.75. The van der Waals surface area contributed by atoms with Crippen LogP contribution in [-0.2, 0) is 5.60 Å². The standard InChI is InChI=1S/C11H13BrO2/c1-7-8(11(13)5-6-11)3-4-9(14-2)10(7)12/h3-4,13H,5-6H2,1-2H3. The maximum Gasteiger partial charge on any atom is 0.133 e. The van der Waals surface area contributed by atoms with Gasteiger partial charge in [0, 0.05) is 0 Å². The largest absolute Gasteiger partial charge is 0.496 e. The van der Waals surface area contributed by atoms with Crippen LogP contribution < -0.4 is 4.74 Å². The van der Waals surface area contributed by atoms with Crippen LogP contribution in [0.4, 0.5) is 0 Å². The van der Waals surface area contributed by atoms with Crippen LogP contribution in [0.25, 0.3) is 0 Å². The summed E-state index contributed by atoms with van der Waals surface area (Å²) >= 11 is 3.48. The number of rotatable bonds is 2. The molecule has 0 spiro atoms. The highest BCUT2D eigenvalue weighted by Crippen LogP contribution is 2.48. The van der Waals surface area contributed by atoms with Gasteiger partial charge in [-0.2, -0.15) is 0 Å². The molecule has 2 rings (SSSR count). The van der Waals surface area contributed by atoms with Gasteiger partial charge in [-0.25, -0.2) is 0 Å².